The number of carboxylic acid groups (broad SMARTS) is 1. The fourth-order valence-electron chi connectivity index (χ4n) is 1.82. The van der Waals surface area contributed by atoms with Crippen molar-refractivity contribution in [3.63, 3.8) is 0 Å². The molecule has 2 aliphatic rings. The fourth-order valence-corrected chi connectivity index (χ4v) is 1.82. The molecule has 4 nitrogen and oxygen atoms in total. The van der Waals surface area contributed by atoms with Crippen LogP contribution in [0.4, 0.5) is 4.79 Å². The van der Waals surface area contributed by atoms with Gasteiger partial charge in [-0.05, 0) is 18.1 Å². The van der Waals surface area contributed by atoms with Crippen LogP contribution < -0.4 is 0 Å². The van der Waals surface area contributed by atoms with Crippen LogP contribution in [0.2, 0.25) is 0 Å². The molecule has 1 atom stereocenters. The number of amides is 1. The van der Waals surface area contributed by atoms with Crippen LogP contribution in [0, 0.1) is 5.92 Å². The number of nitrogens with zero attached hydrogens (tertiary/aromatic N) is 2. The molecule has 1 amide bonds. The standard InChI is InChI=1S/C9H12N2O2/c12-9(13)11-4-2-7-5-10-3-1-8(7)6-11/h1,3,7H,2,4-6H2,(H,12,13). The Morgan fingerprint density at radius 3 is 3.31 bits per heavy atom. The first-order valence-corrected chi connectivity index (χ1v) is 4.44. The van der Waals surface area contributed by atoms with Gasteiger partial charge in [0.1, 0.15) is 0 Å². The molecular weight excluding hydrogens is 168 g/mol. The van der Waals surface area contributed by atoms with Crippen molar-refractivity contribution in [2.24, 2.45) is 10.9 Å². The van der Waals surface area contributed by atoms with E-state index in [0.29, 0.717) is 19.0 Å². The minimum Gasteiger partial charge on any atom is -0.465 e. The molecule has 0 aromatic rings. The van der Waals surface area contributed by atoms with Crippen molar-refractivity contribution in [3.05, 3.63) is 11.6 Å². The van der Waals surface area contributed by atoms with Gasteiger partial charge in [0.2, 0.25) is 0 Å². The number of hydrogen-bond acceptors (Lipinski definition) is 2. The predicted molar refractivity (Wildman–Crippen MR) is 49.1 cm³/mol. The number of aliphatic imine (C=N–C) groups is 1. The molecule has 2 heterocycles. The normalized spacial score (nSPS) is 26.6. The third kappa shape index (κ3) is 1.56. The molecule has 0 aromatic heterocycles. The molecule has 70 valence electrons. The van der Waals surface area contributed by atoms with E-state index >= 15 is 0 Å². The Balaban J connectivity index is 2.09. The summed E-state index contributed by atoms with van der Waals surface area (Å²) >= 11 is 0. The summed E-state index contributed by atoms with van der Waals surface area (Å²) in [5.41, 5.74) is 1.21. The first-order valence-electron chi connectivity index (χ1n) is 4.44. The summed E-state index contributed by atoms with van der Waals surface area (Å²) < 4.78 is 0. The molecular formula is C9H12N2O2. The maximum Gasteiger partial charge on any atom is 0.407 e. The molecule has 0 radical (unpaired) electrons. The molecule has 4 heteroatoms. The van der Waals surface area contributed by atoms with Crippen LogP contribution in [0.3, 0.4) is 0 Å². The largest absolute Gasteiger partial charge is 0.465 e. The van der Waals surface area contributed by atoms with Crippen LogP contribution in [0.5, 0.6) is 0 Å². The van der Waals surface area contributed by atoms with E-state index in [9.17, 15) is 4.79 Å². The predicted octanol–water partition coefficient (Wildman–Crippen LogP) is 0.997. The van der Waals surface area contributed by atoms with Gasteiger partial charge in [-0.3, -0.25) is 4.99 Å². The number of allylic oxidation sites excluding steroid dienone is 1. The summed E-state index contributed by atoms with van der Waals surface area (Å²) in [6.45, 7) is 2.04. The Kier molecular flexibility index (Phi) is 2.04. The maximum absolute atomic E-state index is 10.7. The van der Waals surface area contributed by atoms with E-state index in [1.165, 1.54) is 10.5 Å². The lowest BCUT2D eigenvalue weighted by molar-refractivity contribution is 0.138. The zero-order valence-electron chi connectivity index (χ0n) is 7.31. The average Bonchev–Trinajstić information content (AvgIpc) is 2.17. The van der Waals surface area contributed by atoms with Crippen molar-refractivity contribution in [2.75, 3.05) is 19.6 Å². The zero-order valence-corrected chi connectivity index (χ0v) is 7.31. The van der Waals surface area contributed by atoms with Crippen LogP contribution in [-0.4, -0.2) is 41.9 Å². The van der Waals surface area contributed by atoms with Crippen LogP contribution in [0.15, 0.2) is 16.6 Å². The molecule has 1 N–H and O–H groups in total. The number of hydrogen-bond donors (Lipinski definition) is 1. The van der Waals surface area contributed by atoms with Gasteiger partial charge in [0.25, 0.3) is 0 Å². The van der Waals surface area contributed by atoms with Crippen LogP contribution >= 0.6 is 0 Å². The molecule has 0 aromatic carbocycles. The van der Waals surface area contributed by atoms with Gasteiger partial charge in [0.05, 0.1) is 0 Å². The second kappa shape index (κ2) is 3.20. The van der Waals surface area contributed by atoms with Gasteiger partial charge >= 0.3 is 6.09 Å². The Labute approximate surface area is 76.6 Å². The highest BCUT2D eigenvalue weighted by molar-refractivity contribution is 5.74. The highest BCUT2D eigenvalue weighted by Gasteiger charge is 2.26. The van der Waals surface area contributed by atoms with E-state index in [1.54, 1.807) is 6.21 Å². The third-order valence-corrected chi connectivity index (χ3v) is 2.64. The van der Waals surface area contributed by atoms with E-state index in [2.05, 4.69) is 4.99 Å². The molecule has 1 saturated heterocycles. The van der Waals surface area contributed by atoms with Crippen molar-refractivity contribution in [3.8, 4) is 0 Å². The van der Waals surface area contributed by atoms with Gasteiger partial charge in [-0.1, -0.05) is 0 Å². The molecule has 0 bridgehead atoms. The first kappa shape index (κ1) is 8.29. The molecule has 1 fully saturated rings. The first-order chi connectivity index (χ1) is 6.27. The van der Waals surface area contributed by atoms with Crippen molar-refractivity contribution >= 4 is 12.3 Å². The van der Waals surface area contributed by atoms with Crippen molar-refractivity contribution < 1.29 is 9.90 Å². The minimum atomic E-state index is -0.818. The van der Waals surface area contributed by atoms with Gasteiger partial charge in [0.15, 0.2) is 0 Å². The molecule has 2 aliphatic heterocycles. The minimum absolute atomic E-state index is 0.487. The molecule has 0 saturated carbocycles. The van der Waals surface area contributed by atoms with E-state index in [0.717, 1.165) is 13.0 Å². The molecule has 1 unspecified atom stereocenters. The second-order valence-corrected chi connectivity index (χ2v) is 3.45. The Bertz CT molecular complexity index is 283. The van der Waals surface area contributed by atoms with E-state index < -0.39 is 6.09 Å². The molecule has 0 aliphatic carbocycles. The summed E-state index contributed by atoms with van der Waals surface area (Å²) in [5.74, 6) is 0.487. The maximum atomic E-state index is 10.7. The lowest BCUT2D eigenvalue weighted by Crippen LogP contribution is -2.40. The number of piperidine rings is 1. The summed E-state index contributed by atoms with van der Waals surface area (Å²) in [7, 11) is 0. The van der Waals surface area contributed by atoms with Crippen molar-refractivity contribution in [2.45, 2.75) is 6.42 Å². The summed E-state index contributed by atoms with van der Waals surface area (Å²) in [6.07, 6.45) is 3.82. The fraction of sp³-hybridized carbons (Fsp3) is 0.556. The highest BCUT2D eigenvalue weighted by atomic mass is 16.4. The average molecular weight is 180 g/mol. The van der Waals surface area contributed by atoms with Crippen LogP contribution in [0.1, 0.15) is 6.42 Å². The number of rotatable bonds is 0. The highest BCUT2D eigenvalue weighted by Crippen LogP contribution is 2.24. The monoisotopic (exact) mass is 180 g/mol. The Morgan fingerprint density at radius 2 is 2.54 bits per heavy atom. The Hall–Kier alpha value is -1.32. The molecule has 0 spiro atoms. The van der Waals surface area contributed by atoms with Gasteiger partial charge in [-0.2, -0.15) is 0 Å². The quantitative estimate of drug-likeness (QED) is 0.604. The van der Waals surface area contributed by atoms with Crippen molar-refractivity contribution in [1.29, 1.82) is 0 Å². The molecule has 2 rings (SSSR count). The Morgan fingerprint density at radius 1 is 1.69 bits per heavy atom. The summed E-state index contributed by atoms with van der Waals surface area (Å²) in [4.78, 5) is 16.3. The summed E-state index contributed by atoms with van der Waals surface area (Å²) in [6, 6.07) is 0. The number of carbonyl (C=O) groups is 1. The lowest BCUT2D eigenvalue weighted by atomic mass is 9.90. The van der Waals surface area contributed by atoms with E-state index in [1.807, 2.05) is 6.08 Å². The topological polar surface area (TPSA) is 52.9 Å². The van der Waals surface area contributed by atoms with Gasteiger partial charge in [-0.25, -0.2) is 4.79 Å². The van der Waals surface area contributed by atoms with E-state index in [4.69, 9.17) is 5.11 Å². The zero-order chi connectivity index (χ0) is 9.26. The van der Waals surface area contributed by atoms with Crippen LogP contribution in [0.25, 0.3) is 0 Å². The van der Waals surface area contributed by atoms with Gasteiger partial charge in [-0.15, -0.1) is 0 Å². The smallest absolute Gasteiger partial charge is 0.407 e. The van der Waals surface area contributed by atoms with Gasteiger partial charge in [0, 0.05) is 31.8 Å². The van der Waals surface area contributed by atoms with Crippen molar-refractivity contribution in [1.82, 2.24) is 4.90 Å². The lowest BCUT2D eigenvalue weighted by Gasteiger charge is -2.32. The summed E-state index contributed by atoms with van der Waals surface area (Å²) in [5, 5.41) is 8.79. The SMILES string of the molecule is O=C(O)N1CCC2CN=CC=C2C1. The number of likely N-dealkylation sites (tertiary alicyclic amines) is 1. The molecule has 13 heavy (non-hydrogen) atoms. The van der Waals surface area contributed by atoms with Gasteiger partial charge < -0.3 is 10.0 Å². The number of dihydropyridines is 1. The third-order valence-electron chi connectivity index (χ3n) is 2.64. The second-order valence-electron chi connectivity index (χ2n) is 3.45. The van der Waals surface area contributed by atoms with E-state index in [-0.39, 0.29) is 0 Å². The number of fused-ring (bicyclic) bond motifs is 1. The van der Waals surface area contributed by atoms with Crippen LogP contribution in [-0.2, 0) is 0 Å².